The zero-order valence-corrected chi connectivity index (χ0v) is 11.3. The van der Waals surface area contributed by atoms with Crippen molar-refractivity contribution in [2.45, 2.75) is 6.92 Å². The third kappa shape index (κ3) is 2.16. The number of nitrogen functional groups attached to an aromatic ring is 1. The molecular weight excluding hydrogens is 248 g/mol. The van der Waals surface area contributed by atoms with Crippen molar-refractivity contribution in [2.24, 2.45) is 0 Å². The van der Waals surface area contributed by atoms with Crippen LogP contribution in [0.3, 0.4) is 0 Å². The molecule has 0 aliphatic carbocycles. The van der Waals surface area contributed by atoms with E-state index in [0.717, 1.165) is 12.2 Å². The molecule has 1 heterocycles. The Balaban J connectivity index is 2.17. The maximum atomic E-state index is 5.76. The van der Waals surface area contributed by atoms with Crippen molar-refractivity contribution in [1.82, 2.24) is 9.97 Å². The van der Waals surface area contributed by atoms with E-state index in [1.807, 2.05) is 18.2 Å². The van der Waals surface area contributed by atoms with Crippen LogP contribution in [0.1, 0.15) is 6.92 Å². The number of fused-ring (bicyclic) bond motifs is 1. The Hall–Kier alpha value is -2.62. The molecule has 20 heavy (non-hydrogen) atoms. The lowest BCUT2D eigenvalue weighted by Gasteiger charge is -2.22. The van der Waals surface area contributed by atoms with E-state index in [2.05, 4.69) is 46.1 Å². The van der Waals surface area contributed by atoms with Gasteiger partial charge < -0.3 is 10.6 Å². The quantitative estimate of drug-likeness (QED) is 0.788. The topological polar surface area (TPSA) is 55.0 Å². The first-order valence-corrected chi connectivity index (χ1v) is 6.63. The van der Waals surface area contributed by atoms with Crippen LogP contribution in [0.5, 0.6) is 0 Å². The van der Waals surface area contributed by atoms with Crippen LogP contribution in [0.2, 0.25) is 0 Å². The van der Waals surface area contributed by atoms with Crippen LogP contribution in [-0.4, -0.2) is 16.5 Å². The normalized spacial score (nSPS) is 10.7. The second-order valence-electron chi connectivity index (χ2n) is 4.52. The molecule has 0 aliphatic heterocycles. The summed E-state index contributed by atoms with van der Waals surface area (Å²) in [5.74, 6) is 1.11. The highest BCUT2D eigenvalue weighted by Gasteiger charge is 2.12. The second kappa shape index (κ2) is 5.17. The molecule has 1 aromatic heterocycles. The first-order valence-electron chi connectivity index (χ1n) is 6.63. The third-order valence-corrected chi connectivity index (χ3v) is 3.28. The zero-order chi connectivity index (χ0) is 13.9. The van der Waals surface area contributed by atoms with Crippen molar-refractivity contribution >= 4 is 28.2 Å². The SMILES string of the molecule is CCN(c1nccc(N)n1)c1cccc2ccccc12. The summed E-state index contributed by atoms with van der Waals surface area (Å²) in [6.07, 6.45) is 1.69. The fourth-order valence-electron chi connectivity index (χ4n) is 2.36. The first-order chi connectivity index (χ1) is 9.79. The lowest BCUT2D eigenvalue weighted by molar-refractivity contribution is 0.953. The van der Waals surface area contributed by atoms with Crippen molar-refractivity contribution in [3.05, 3.63) is 54.7 Å². The number of nitrogens with zero attached hydrogens (tertiary/aromatic N) is 3. The molecule has 0 aliphatic rings. The van der Waals surface area contributed by atoms with E-state index in [4.69, 9.17) is 5.73 Å². The number of nitrogens with two attached hydrogens (primary N) is 1. The summed E-state index contributed by atoms with van der Waals surface area (Å²) in [5, 5.41) is 2.38. The molecule has 0 unspecified atom stereocenters. The van der Waals surface area contributed by atoms with Crippen LogP contribution >= 0.6 is 0 Å². The molecule has 3 aromatic rings. The van der Waals surface area contributed by atoms with E-state index in [1.165, 1.54) is 10.8 Å². The van der Waals surface area contributed by atoms with Crippen LogP contribution in [0.15, 0.2) is 54.7 Å². The summed E-state index contributed by atoms with van der Waals surface area (Å²) in [4.78, 5) is 10.7. The van der Waals surface area contributed by atoms with E-state index >= 15 is 0 Å². The minimum absolute atomic E-state index is 0.480. The molecule has 0 atom stereocenters. The maximum Gasteiger partial charge on any atom is 0.231 e. The van der Waals surface area contributed by atoms with Crippen LogP contribution in [0.4, 0.5) is 17.5 Å². The Labute approximate surface area is 117 Å². The molecule has 0 radical (unpaired) electrons. The van der Waals surface area contributed by atoms with E-state index < -0.39 is 0 Å². The van der Waals surface area contributed by atoms with E-state index in [-0.39, 0.29) is 0 Å². The van der Waals surface area contributed by atoms with E-state index in [1.54, 1.807) is 12.3 Å². The summed E-state index contributed by atoms with van der Waals surface area (Å²) in [5.41, 5.74) is 6.86. The molecule has 0 saturated heterocycles. The van der Waals surface area contributed by atoms with Crippen molar-refractivity contribution in [2.75, 3.05) is 17.2 Å². The van der Waals surface area contributed by atoms with Gasteiger partial charge >= 0.3 is 0 Å². The van der Waals surface area contributed by atoms with Gasteiger partial charge in [0.2, 0.25) is 5.95 Å². The fourth-order valence-corrected chi connectivity index (χ4v) is 2.36. The third-order valence-electron chi connectivity index (χ3n) is 3.28. The summed E-state index contributed by atoms with van der Waals surface area (Å²) < 4.78 is 0. The molecule has 0 fully saturated rings. The highest BCUT2D eigenvalue weighted by atomic mass is 15.3. The predicted octanol–water partition coefficient (Wildman–Crippen LogP) is 3.37. The highest BCUT2D eigenvalue weighted by molar-refractivity contribution is 5.95. The fraction of sp³-hybridized carbons (Fsp3) is 0.125. The Morgan fingerprint density at radius 3 is 2.65 bits per heavy atom. The molecule has 3 rings (SSSR count). The molecule has 2 aromatic carbocycles. The van der Waals surface area contributed by atoms with Crippen molar-refractivity contribution in [1.29, 1.82) is 0 Å². The Kier molecular flexibility index (Phi) is 3.21. The van der Waals surface area contributed by atoms with Gasteiger partial charge in [-0.1, -0.05) is 36.4 Å². The molecule has 0 saturated carbocycles. The van der Waals surface area contributed by atoms with Gasteiger partial charge in [-0.25, -0.2) is 4.98 Å². The minimum atomic E-state index is 0.480. The molecule has 4 nitrogen and oxygen atoms in total. The average Bonchev–Trinajstić information content (AvgIpc) is 2.48. The summed E-state index contributed by atoms with van der Waals surface area (Å²) in [7, 11) is 0. The molecule has 0 amide bonds. The smallest absolute Gasteiger partial charge is 0.231 e. The van der Waals surface area contributed by atoms with Gasteiger partial charge in [0.05, 0.1) is 5.69 Å². The van der Waals surface area contributed by atoms with Crippen LogP contribution in [0, 0.1) is 0 Å². The van der Waals surface area contributed by atoms with Gasteiger partial charge in [0.25, 0.3) is 0 Å². The molecule has 4 heteroatoms. The molecular formula is C16H16N4. The number of hydrogen-bond donors (Lipinski definition) is 1. The molecule has 0 spiro atoms. The second-order valence-corrected chi connectivity index (χ2v) is 4.52. The highest BCUT2D eigenvalue weighted by Crippen LogP contribution is 2.30. The van der Waals surface area contributed by atoms with Gasteiger partial charge in [-0.3, -0.25) is 0 Å². The van der Waals surface area contributed by atoms with E-state index in [0.29, 0.717) is 11.8 Å². The Morgan fingerprint density at radius 1 is 1.05 bits per heavy atom. The first kappa shape index (κ1) is 12.4. The Morgan fingerprint density at radius 2 is 1.85 bits per heavy atom. The van der Waals surface area contributed by atoms with E-state index in [9.17, 15) is 0 Å². The van der Waals surface area contributed by atoms with Crippen LogP contribution in [-0.2, 0) is 0 Å². The molecule has 100 valence electrons. The monoisotopic (exact) mass is 264 g/mol. The largest absolute Gasteiger partial charge is 0.384 e. The molecule has 2 N–H and O–H groups in total. The van der Waals surface area contributed by atoms with Gasteiger partial charge in [-0.2, -0.15) is 4.98 Å². The number of rotatable bonds is 3. The standard InChI is InChI=1S/C16H16N4/c1-2-20(16-18-11-10-15(17)19-16)14-9-5-7-12-6-3-4-8-13(12)14/h3-11H,2H2,1H3,(H2,17,18,19). The van der Waals surface area contributed by atoms with Gasteiger partial charge in [-0.15, -0.1) is 0 Å². The van der Waals surface area contributed by atoms with Crippen LogP contribution < -0.4 is 10.6 Å². The lowest BCUT2D eigenvalue weighted by atomic mass is 10.1. The van der Waals surface area contributed by atoms with Crippen molar-refractivity contribution in [3.8, 4) is 0 Å². The number of hydrogen-bond acceptors (Lipinski definition) is 4. The number of aromatic nitrogens is 2. The van der Waals surface area contributed by atoms with Gasteiger partial charge in [0.1, 0.15) is 5.82 Å². The number of benzene rings is 2. The molecule has 0 bridgehead atoms. The van der Waals surface area contributed by atoms with Gasteiger partial charge in [-0.05, 0) is 24.4 Å². The van der Waals surface area contributed by atoms with Crippen molar-refractivity contribution < 1.29 is 0 Å². The number of anilines is 3. The van der Waals surface area contributed by atoms with Crippen molar-refractivity contribution in [3.63, 3.8) is 0 Å². The van der Waals surface area contributed by atoms with Gasteiger partial charge in [0, 0.05) is 18.1 Å². The van der Waals surface area contributed by atoms with Crippen LogP contribution in [0.25, 0.3) is 10.8 Å². The average molecular weight is 264 g/mol. The Bertz CT molecular complexity index is 734. The maximum absolute atomic E-state index is 5.76. The summed E-state index contributed by atoms with van der Waals surface area (Å²) >= 11 is 0. The lowest BCUT2D eigenvalue weighted by Crippen LogP contribution is -2.19. The summed E-state index contributed by atoms with van der Waals surface area (Å²) in [6, 6.07) is 16.2. The predicted molar refractivity (Wildman–Crippen MR) is 83.1 cm³/mol. The minimum Gasteiger partial charge on any atom is -0.384 e. The zero-order valence-electron chi connectivity index (χ0n) is 11.3. The van der Waals surface area contributed by atoms with Gasteiger partial charge in [0.15, 0.2) is 0 Å². The summed E-state index contributed by atoms with van der Waals surface area (Å²) in [6.45, 7) is 2.85.